The number of sulfonamides is 1. The molecule has 3 aromatic carbocycles. The van der Waals surface area contributed by atoms with Crippen LogP contribution in [0.3, 0.4) is 0 Å². The number of benzene rings is 3. The number of hydrogen-bond donors (Lipinski definition) is 1. The van der Waals surface area contributed by atoms with Crippen molar-refractivity contribution >= 4 is 48.3 Å². The van der Waals surface area contributed by atoms with E-state index in [4.69, 9.17) is 14.1 Å². The molecule has 37 heavy (non-hydrogen) atoms. The molecule has 0 aliphatic carbocycles. The molecule has 5 aromatic rings. The second-order valence-electron chi connectivity index (χ2n) is 8.23. The van der Waals surface area contributed by atoms with Crippen LogP contribution in [-0.4, -0.2) is 26.4 Å². The highest BCUT2D eigenvalue weighted by Gasteiger charge is 2.24. The Kier molecular flexibility index (Phi) is 6.68. The highest BCUT2D eigenvalue weighted by Crippen LogP contribution is 2.37. The van der Waals surface area contributed by atoms with Crippen LogP contribution < -0.4 is 14.4 Å². The van der Waals surface area contributed by atoms with E-state index in [0.717, 1.165) is 10.3 Å². The molecule has 0 bridgehead atoms. The van der Waals surface area contributed by atoms with Crippen LogP contribution in [0.5, 0.6) is 5.75 Å². The molecule has 0 spiro atoms. The number of furan rings is 1. The summed E-state index contributed by atoms with van der Waals surface area (Å²) in [5, 5.41) is 0.498. The Balaban J connectivity index is 1.46. The standard InChI is InChI=1S/C27H23N3O5S2/c1-18-10-15-23(34-2)24-25(18)36-27(28-24)30(17-21-7-6-16-35-21)26(31)19-11-13-20(14-12-19)29-37(32,33)22-8-4-3-5-9-22/h3-16,29H,17H2,1-2H3. The van der Waals surface area contributed by atoms with E-state index in [0.29, 0.717) is 33.4 Å². The zero-order valence-electron chi connectivity index (χ0n) is 20.0. The molecule has 0 saturated heterocycles. The molecule has 188 valence electrons. The van der Waals surface area contributed by atoms with Gasteiger partial charge in [-0.3, -0.25) is 14.4 Å². The normalized spacial score (nSPS) is 11.4. The topological polar surface area (TPSA) is 102 Å². The van der Waals surface area contributed by atoms with Crippen molar-refractivity contribution in [1.82, 2.24) is 4.98 Å². The van der Waals surface area contributed by atoms with E-state index in [-0.39, 0.29) is 17.3 Å². The highest BCUT2D eigenvalue weighted by atomic mass is 32.2. The average Bonchev–Trinajstić information content (AvgIpc) is 3.59. The second-order valence-corrected chi connectivity index (χ2v) is 10.9. The van der Waals surface area contributed by atoms with Gasteiger partial charge in [0.05, 0.1) is 29.5 Å². The molecule has 2 aromatic heterocycles. The van der Waals surface area contributed by atoms with Gasteiger partial charge in [0.2, 0.25) is 0 Å². The van der Waals surface area contributed by atoms with Gasteiger partial charge in [-0.15, -0.1) is 0 Å². The third-order valence-corrected chi connectivity index (χ3v) is 8.33. The summed E-state index contributed by atoms with van der Waals surface area (Å²) in [6.45, 7) is 2.16. The molecule has 0 radical (unpaired) electrons. The summed E-state index contributed by atoms with van der Waals surface area (Å²) in [7, 11) is -2.16. The van der Waals surface area contributed by atoms with Gasteiger partial charge in [0.25, 0.3) is 15.9 Å². The van der Waals surface area contributed by atoms with Crippen LogP contribution in [0.1, 0.15) is 21.7 Å². The van der Waals surface area contributed by atoms with E-state index in [1.807, 2.05) is 19.1 Å². The summed E-state index contributed by atoms with van der Waals surface area (Å²) in [4.78, 5) is 20.1. The van der Waals surface area contributed by atoms with Crippen molar-refractivity contribution in [3.8, 4) is 5.75 Å². The van der Waals surface area contributed by atoms with E-state index in [1.165, 1.54) is 23.5 Å². The van der Waals surface area contributed by atoms with Crippen LogP contribution >= 0.6 is 11.3 Å². The number of thiazole rings is 1. The fraction of sp³-hybridized carbons (Fsp3) is 0.111. The Labute approximate surface area is 218 Å². The van der Waals surface area contributed by atoms with Crippen LogP contribution in [0.4, 0.5) is 10.8 Å². The van der Waals surface area contributed by atoms with Crippen LogP contribution in [0.2, 0.25) is 0 Å². The molecule has 0 atom stereocenters. The molecule has 10 heteroatoms. The maximum atomic E-state index is 13.7. The maximum Gasteiger partial charge on any atom is 0.261 e. The number of amides is 1. The Hall–Kier alpha value is -4.15. The van der Waals surface area contributed by atoms with E-state index in [2.05, 4.69) is 4.72 Å². The first-order valence-corrected chi connectivity index (χ1v) is 13.6. The largest absolute Gasteiger partial charge is 0.494 e. The molecular formula is C27H23N3O5S2. The molecule has 5 rings (SSSR count). The monoisotopic (exact) mass is 533 g/mol. The molecular weight excluding hydrogens is 510 g/mol. The van der Waals surface area contributed by atoms with Gasteiger partial charge in [0.15, 0.2) is 5.13 Å². The summed E-state index contributed by atoms with van der Waals surface area (Å²) in [6.07, 6.45) is 1.55. The number of nitrogens with one attached hydrogen (secondary N) is 1. The number of anilines is 2. The van der Waals surface area contributed by atoms with Gasteiger partial charge in [-0.05, 0) is 67.1 Å². The Morgan fingerprint density at radius 2 is 1.78 bits per heavy atom. The van der Waals surface area contributed by atoms with Crippen molar-refractivity contribution in [2.24, 2.45) is 0 Å². The van der Waals surface area contributed by atoms with E-state index < -0.39 is 10.0 Å². The van der Waals surface area contributed by atoms with Gasteiger partial charge in [0.1, 0.15) is 17.0 Å². The minimum Gasteiger partial charge on any atom is -0.494 e. The van der Waals surface area contributed by atoms with Gasteiger partial charge < -0.3 is 9.15 Å². The molecule has 0 aliphatic heterocycles. The number of nitrogens with zero attached hydrogens (tertiary/aromatic N) is 2. The lowest BCUT2D eigenvalue weighted by atomic mass is 10.2. The fourth-order valence-corrected chi connectivity index (χ4v) is 5.94. The number of ether oxygens (including phenoxy) is 1. The zero-order valence-corrected chi connectivity index (χ0v) is 21.7. The number of aromatic nitrogens is 1. The van der Waals surface area contributed by atoms with Crippen molar-refractivity contribution in [2.75, 3.05) is 16.7 Å². The van der Waals surface area contributed by atoms with Crippen molar-refractivity contribution in [2.45, 2.75) is 18.4 Å². The number of hydrogen-bond acceptors (Lipinski definition) is 7. The van der Waals surface area contributed by atoms with Gasteiger partial charge in [0, 0.05) is 11.3 Å². The van der Waals surface area contributed by atoms with Gasteiger partial charge in [-0.2, -0.15) is 0 Å². The van der Waals surface area contributed by atoms with Crippen LogP contribution in [0.15, 0.2) is 94.4 Å². The second kappa shape index (κ2) is 10.1. The minimum absolute atomic E-state index is 0.154. The summed E-state index contributed by atoms with van der Waals surface area (Å²) in [5.74, 6) is 0.927. The average molecular weight is 534 g/mol. The quantitative estimate of drug-likeness (QED) is 0.268. The van der Waals surface area contributed by atoms with Crippen molar-refractivity contribution in [1.29, 1.82) is 0 Å². The third-order valence-electron chi connectivity index (χ3n) is 5.72. The van der Waals surface area contributed by atoms with Gasteiger partial charge >= 0.3 is 0 Å². The molecule has 0 aliphatic rings. The van der Waals surface area contributed by atoms with Crippen molar-refractivity contribution < 1.29 is 22.4 Å². The van der Waals surface area contributed by atoms with E-state index >= 15 is 0 Å². The number of aryl methyl sites for hydroxylation is 1. The summed E-state index contributed by atoms with van der Waals surface area (Å²) in [6, 6.07) is 21.7. The highest BCUT2D eigenvalue weighted by molar-refractivity contribution is 7.92. The minimum atomic E-state index is -3.74. The SMILES string of the molecule is COc1ccc(C)c2sc(N(Cc3ccco3)C(=O)c3ccc(NS(=O)(=O)c4ccccc4)cc3)nc12. The predicted molar refractivity (Wildman–Crippen MR) is 144 cm³/mol. The summed E-state index contributed by atoms with van der Waals surface area (Å²) in [5.41, 5.74) is 2.43. The Bertz CT molecular complexity index is 1650. The molecule has 0 fully saturated rings. The first-order valence-electron chi connectivity index (χ1n) is 11.3. The maximum absolute atomic E-state index is 13.7. The number of methoxy groups -OCH3 is 1. The lowest BCUT2D eigenvalue weighted by molar-refractivity contribution is 0.0983. The predicted octanol–water partition coefficient (Wildman–Crippen LogP) is 5.85. The number of carbonyl (C=O) groups excluding carboxylic acids is 1. The lowest BCUT2D eigenvalue weighted by Crippen LogP contribution is -2.30. The molecule has 1 N–H and O–H groups in total. The molecule has 2 heterocycles. The Morgan fingerprint density at radius 3 is 2.46 bits per heavy atom. The van der Waals surface area contributed by atoms with Crippen LogP contribution in [0, 0.1) is 6.92 Å². The summed E-state index contributed by atoms with van der Waals surface area (Å²) >= 11 is 1.40. The first-order chi connectivity index (χ1) is 17.9. The van der Waals surface area contributed by atoms with Crippen LogP contribution in [-0.2, 0) is 16.6 Å². The van der Waals surface area contributed by atoms with Crippen molar-refractivity contribution in [3.63, 3.8) is 0 Å². The molecule has 0 saturated carbocycles. The van der Waals surface area contributed by atoms with Gasteiger partial charge in [-0.1, -0.05) is 35.6 Å². The number of rotatable bonds is 8. The zero-order chi connectivity index (χ0) is 26.0. The third kappa shape index (κ3) is 5.07. The molecule has 0 unspecified atom stereocenters. The van der Waals surface area contributed by atoms with E-state index in [9.17, 15) is 13.2 Å². The molecule has 1 amide bonds. The molecule has 8 nitrogen and oxygen atoms in total. The fourth-order valence-electron chi connectivity index (χ4n) is 3.81. The van der Waals surface area contributed by atoms with Crippen molar-refractivity contribution in [3.05, 3.63) is 102 Å². The summed E-state index contributed by atoms with van der Waals surface area (Å²) < 4.78 is 39.7. The Morgan fingerprint density at radius 1 is 1.03 bits per heavy atom. The first kappa shape index (κ1) is 24.5. The number of fused-ring (bicyclic) bond motifs is 1. The van der Waals surface area contributed by atoms with Crippen LogP contribution in [0.25, 0.3) is 10.2 Å². The lowest BCUT2D eigenvalue weighted by Gasteiger charge is -2.19. The van der Waals surface area contributed by atoms with Gasteiger partial charge in [-0.25, -0.2) is 13.4 Å². The van der Waals surface area contributed by atoms with E-state index in [1.54, 1.807) is 72.9 Å². The number of carbonyl (C=O) groups is 1. The smallest absolute Gasteiger partial charge is 0.261 e.